The summed E-state index contributed by atoms with van der Waals surface area (Å²) in [5.74, 6) is 0.798. The lowest BCUT2D eigenvalue weighted by Gasteiger charge is -2.13. The van der Waals surface area contributed by atoms with Crippen LogP contribution in [0.25, 0.3) is 0 Å². The van der Waals surface area contributed by atoms with Crippen LogP contribution >= 0.6 is 15.9 Å². The molecule has 0 aliphatic carbocycles. The van der Waals surface area contributed by atoms with Gasteiger partial charge in [-0.2, -0.15) is 5.10 Å². The van der Waals surface area contributed by atoms with E-state index in [2.05, 4.69) is 26.5 Å². The molecule has 0 heterocycles. The molecular weight excluding hydrogens is 548 g/mol. The van der Waals surface area contributed by atoms with Crippen molar-refractivity contribution >= 4 is 34.0 Å². The molecule has 0 fully saturated rings. The molecule has 38 heavy (non-hydrogen) atoms. The van der Waals surface area contributed by atoms with Crippen molar-refractivity contribution in [2.24, 2.45) is 5.10 Å². The molecule has 0 aliphatic heterocycles. The minimum atomic E-state index is -0.761. The van der Waals surface area contributed by atoms with Gasteiger partial charge in [-0.1, -0.05) is 46.3 Å². The van der Waals surface area contributed by atoms with Gasteiger partial charge >= 0.3 is 5.97 Å². The third kappa shape index (κ3) is 8.04. The molecule has 0 aromatic heterocycles. The molecule has 1 amide bonds. The Balaban J connectivity index is 1.21. The number of carbonyl (C=O) groups is 2. The Morgan fingerprint density at radius 1 is 0.842 bits per heavy atom. The first-order valence-corrected chi connectivity index (χ1v) is 12.6. The van der Waals surface area contributed by atoms with E-state index in [0.29, 0.717) is 35.0 Å². The molecular formula is C30H25BrN2O5. The van der Waals surface area contributed by atoms with Gasteiger partial charge in [0.15, 0.2) is 6.10 Å². The molecule has 1 N–H and O–H groups in total. The quantitative estimate of drug-likeness (QED) is 0.106. The van der Waals surface area contributed by atoms with Crippen molar-refractivity contribution in [1.29, 1.82) is 0 Å². The summed E-state index contributed by atoms with van der Waals surface area (Å²) < 4.78 is 17.7. The van der Waals surface area contributed by atoms with Crippen molar-refractivity contribution < 1.29 is 23.8 Å². The lowest BCUT2D eigenvalue weighted by Crippen LogP contribution is -2.33. The van der Waals surface area contributed by atoms with E-state index in [0.717, 1.165) is 10.0 Å². The zero-order chi connectivity index (χ0) is 26.7. The number of halogens is 1. The molecule has 0 saturated heterocycles. The Hall–Kier alpha value is -4.43. The predicted molar refractivity (Wildman–Crippen MR) is 149 cm³/mol. The number of hydrazone groups is 1. The van der Waals surface area contributed by atoms with Crippen molar-refractivity contribution in [3.63, 3.8) is 0 Å². The van der Waals surface area contributed by atoms with Crippen LogP contribution in [0.15, 0.2) is 113 Å². The number of ether oxygens (including phenoxy) is 3. The molecule has 8 heteroatoms. The topological polar surface area (TPSA) is 86.2 Å². The zero-order valence-corrected chi connectivity index (χ0v) is 22.1. The van der Waals surface area contributed by atoms with Gasteiger partial charge in [0.25, 0.3) is 5.91 Å². The number of hydrogen-bond acceptors (Lipinski definition) is 6. The highest BCUT2D eigenvalue weighted by atomic mass is 79.9. The minimum Gasteiger partial charge on any atom is -0.489 e. The number of benzene rings is 4. The van der Waals surface area contributed by atoms with Crippen molar-refractivity contribution in [1.82, 2.24) is 5.43 Å². The van der Waals surface area contributed by atoms with E-state index in [1.807, 2.05) is 30.3 Å². The van der Waals surface area contributed by atoms with Crippen LogP contribution in [-0.2, 0) is 11.4 Å². The average molecular weight is 573 g/mol. The minimum absolute atomic E-state index is 0.397. The highest BCUT2D eigenvalue weighted by Gasteiger charge is 2.14. The van der Waals surface area contributed by atoms with Crippen molar-refractivity contribution in [2.75, 3.05) is 0 Å². The molecule has 4 rings (SSSR count). The number of nitrogens with one attached hydrogen (secondary N) is 1. The van der Waals surface area contributed by atoms with Gasteiger partial charge in [0.2, 0.25) is 0 Å². The molecule has 4 aromatic rings. The van der Waals surface area contributed by atoms with E-state index in [9.17, 15) is 9.59 Å². The first kappa shape index (κ1) is 26.6. The van der Waals surface area contributed by atoms with Gasteiger partial charge in [0.1, 0.15) is 23.9 Å². The fourth-order valence-corrected chi connectivity index (χ4v) is 3.51. The Morgan fingerprint density at radius 3 is 2.16 bits per heavy atom. The maximum absolute atomic E-state index is 12.4. The standard InChI is InChI=1S/C30H25BrN2O5/c1-21(37-27-17-15-26(16-18-27)36-20-23-5-3-2-4-6-23)29(34)33-32-19-22-7-13-28(14-8-22)38-30(35)24-9-11-25(31)12-10-24/h2-19,21H,20H2,1H3,(H,33,34)/b32-19+. The third-order valence-electron chi connectivity index (χ3n) is 5.31. The molecule has 0 aliphatic rings. The van der Waals surface area contributed by atoms with Crippen molar-refractivity contribution in [2.45, 2.75) is 19.6 Å². The molecule has 0 radical (unpaired) electrons. The van der Waals surface area contributed by atoms with Crippen LogP contribution in [0.4, 0.5) is 0 Å². The number of carbonyl (C=O) groups excluding carboxylic acids is 2. The second kappa shape index (κ2) is 13.2. The maximum Gasteiger partial charge on any atom is 0.343 e. The number of amides is 1. The largest absolute Gasteiger partial charge is 0.489 e. The van der Waals surface area contributed by atoms with Gasteiger partial charge in [0.05, 0.1) is 11.8 Å². The van der Waals surface area contributed by atoms with Gasteiger partial charge in [-0.3, -0.25) is 4.79 Å². The van der Waals surface area contributed by atoms with E-state index in [1.54, 1.807) is 79.7 Å². The van der Waals surface area contributed by atoms with E-state index >= 15 is 0 Å². The van der Waals surface area contributed by atoms with Gasteiger partial charge in [0, 0.05) is 4.47 Å². The predicted octanol–water partition coefficient (Wildman–Crippen LogP) is 6.16. The summed E-state index contributed by atoms with van der Waals surface area (Å²) in [7, 11) is 0. The molecule has 7 nitrogen and oxygen atoms in total. The molecule has 0 saturated carbocycles. The molecule has 0 bridgehead atoms. The summed E-state index contributed by atoms with van der Waals surface area (Å²) in [5.41, 5.74) is 4.71. The first-order chi connectivity index (χ1) is 18.5. The molecule has 1 unspecified atom stereocenters. The van der Waals surface area contributed by atoms with Crippen LogP contribution in [-0.4, -0.2) is 24.2 Å². The van der Waals surface area contributed by atoms with Gasteiger partial charge < -0.3 is 14.2 Å². The lowest BCUT2D eigenvalue weighted by molar-refractivity contribution is -0.127. The fourth-order valence-electron chi connectivity index (χ4n) is 3.25. The van der Waals surface area contributed by atoms with Crippen molar-refractivity contribution in [3.05, 3.63) is 124 Å². The van der Waals surface area contributed by atoms with Crippen LogP contribution in [0.2, 0.25) is 0 Å². The van der Waals surface area contributed by atoms with Crippen LogP contribution in [0, 0.1) is 0 Å². The third-order valence-corrected chi connectivity index (χ3v) is 5.84. The van der Waals surface area contributed by atoms with Crippen LogP contribution in [0.1, 0.15) is 28.4 Å². The van der Waals surface area contributed by atoms with Gasteiger partial charge in [-0.15, -0.1) is 0 Å². The molecule has 192 valence electrons. The lowest BCUT2D eigenvalue weighted by atomic mass is 10.2. The van der Waals surface area contributed by atoms with Gasteiger partial charge in [-0.05, 0) is 90.8 Å². The van der Waals surface area contributed by atoms with Crippen molar-refractivity contribution in [3.8, 4) is 17.2 Å². The van der Waals surface area contributed by atoms with E-state index in [-0.39, 0.29) is 0 Å². The Bertz CT molecular complexity index is 1370. The summed E-state index contributed by atoms with van der Waals surface area (Å²) in [6.07, 6.45) is 0.729. The second-order valence-corrected chi connectivity index (χ2v) is 9.12. The molecule has 1 atom stereocenters. The summed E-state index contributed by atoms with van der Waals surface area (Å²) in [4.78, 5) is 24.6. The van der Waals surface area contributed by atoms with Crippen LogP contribution in [0.3, 0.4) is 0 Å². The molecule has 4 aromatic carbocycles. The fraction of sp³-hybridized carbons (Fsp3) is 0.100. The number of nitrogens with zero attached hydrogens (tertiary/aromatic N) is 1. The average Bonchev–Trinajstić information content (AvgIpc) is 2.94. The zero-order valence-electron chi connectivity index (χ0n) is 20.5. The monoisotopic (exact) mass is 572 g/mol. The van der Waals surface area contributed by atoms with E-state index < -0.39 is 18.0 Å². The number of rotatable bonds is 10. The number of hydrogen-bond donors (Lipinski definition) is 1. The first-order valence-electron chi connectivity index (χ1n) is 11.8. The SMILES string of the molecule is CC(Oc1ccc(OCc2ccccc2)cc1)C(=O)N/N=C/c1ccc(OC(=O)c2ccc(Br)cc2)cc1. The van der Waals surface area contributed by atoms with E-state index in [4.69, 9.17) is 14.2 Å². The summed E-state index contributed by atoms with van der Waals surface area (Å²) >= 11 is 3.33. The Morgan fingerprint density at radius 2 is 1.47 bits per heavy atom. The summed E-state index contributed by atoms with van der Waals surface area (Å²) in [6, 6.07) is 30.6. The van der Waals surface area contributed by atoms with E-state index in [1.165, 1.54) is 6.21 Å². The maximum atomic E-state index is 12.4. The summed E-state index contributed by atoms with van der Waals surface area (Å²) in [6.45, 7) is 2.11. The molecule has 0 spiro atoms. The normalized spacial score (nSPS) is 11.5. The highest BCUT2D eigenvalue weighted by molar-refractivity contribution is 9.10. The Labute approximate surface area is 229 Å². The van der Waals surface area contributed by atoms with Crippen LogP contribution in [0.5, 0.6) is 17.2 Å². The van der Waals surface area contributed by atoms with Gasteiger partial charge in [-0.25, -0.2) is 10.2 Å². The Kier molecular flexibility index (Phi) is 9.26. The second-order valence-electron chi connectivity index (χ2n) is 8.21. The summed E-state index contributed by atoms with van der Waals surface area (Å²) in [5, 5.41) is 3.98. The van der Waals surface area contributed by atoms with Crippen LogP contribution < -0.4 is 19.6 Å². The highest BCUT2D eigenvalue weighted by Crippen LogP contribution is 2.20. The number of esters is 1. The smallest absolute Gasteiger partial charge is 0.343 e.